The van der Waals surface area contributed by atoms with Gasteiger partial charge >= 0.3 is 5.97 Å². The van der Waals surface area contributed by atoms with Gasteiger partial charge in [-0.05, 0) is 37.1 Å². The zero-order valence-corrected chi connectivity index (χ0v) is 16.8. The molecule has 1 unspecified atom stereocenters. The Hall–Kier alpha value is -2.76. The van der Waals surface area contributed by atoms with Gasteiger partial charge in [-0.25, -0.2) is 14.6 Å². The van der Waals surface area contributed by atoms with Gasteiger partial charge in [-0.2, -0.15) is 5.10 Å². The molecule has 1 atom stereocenters. The molecule has 0 saturated carbocycles. The highest BCUT2D eigenvalue weighted by atomic mass is 19.1. The number of carboxylic acids is 1. The van der Waals surface area contributed by atoms with Gasteiger partial charge in [0.05, 0.1) is 17.2 Å². The minimum atomic E-state index is -1.32. The molecule has 2 rings (SSSR count). The summed E-state index contributed by atoms with van der Waals surface area (Å²) in [6.45, 7) is 11.6. The lowest BCUT2D eigenvalue weighted by molar-refractivity contribution is -0.123. The van der Waals surface area contributed by atoms with Crippen molar-refractivity contribution < 1.29 is 19.1 Å². The number of halogens is 1. The third kappa shape index (κ3) is 6.81. The van der Waals surface area contributed by atoms with Crippen LogP contribution in [0.2, 0.25) is 0 Å². The van der Waals surface area contributed by atoms with E-state index in [1.54, 1.807) is 6.92 Å². The zero-order valence-electron chi connectivity index (χ0n) is 16.8. The second kappa shape index (κ2) is 12.6. The molecule has 0 radical (unpaired) electrons. The molecule has 1 heterocycles. The van der Waals surface area contributed by atoms with E-state index in [2.05, 4.69) is 10.5 Å². The topological polar surface area (TPSA) is 78.8 Å². The second-order valence-electron chi connectivity index (χ2n) is 5.20. The fraction of sp³-hybridized carbons (Fsp3) is 0.381. The molecule has 1 aromatic rings. The molecule has 0 bridgehead atoms. The van der Waals surface area contributed by atoms with Crippen LogP contribution in [-0.2, 0) is 11.2 Å². The van der Waals surface area contributed by atoms with Crippen molar-refractivity contribution in [3.8, 4) is 0 Å². The Labute approximate surface area is 160 Å². The number of carboxylic acid groups (broad SMARTS) is 1. The van der Waals surface area contributed by atoms with Gasteiger partial charge in [-0.15, -0.1) is 0 Å². The number of hydrogen-bond donors (Lipinski definition) is 2. The smallest absolute Gasteiger partial charge is 0.338 e. The molecule has 0 spiro atoms. The van der Waals surface area contributed by atoms with Crippen molar-refractivity contribution in [2.45, 2.75) is 48.0 Å². The Balaban J connectivity index is 0.00000158. The van der Waals surface area contributed by atoms with Crippen LogP contribution in [0, 0.1) is 11.7 Å². The lowest BCUT2D eigenvalue weighted by Crippen LogP contribution is -2.35. The summed E-state index contributed by atoms with van der Waals surface area (Å²) in [5, 5.41) is 13.1. The second-order valence-corrected chi connectivity index (χ2v) is 5.20. The van der Waals surface area contributed by atoms with E-state index in [4.69, 9.17) is 5.11 Å². The summed E-state index contributed by atoms with van der Waals surface area (Å²) in [4.78, 5) is 22.8. The molecule has 27 heavy (non-hydrogen) atoms. The van der Waals surface area contributed by atoms with Gasteiger partial charge in [0.15, 0.2) is 0 Å². The van der Waals surface area contributed by atoms with Crippen molar-refractivity contribution in [2.75, 3.05) is 0 Å². The number of allylic oxidation sites excluding steroid dienone is 3. The normalized spacial score (nSPS) is 17.3. The van der Waals surface area contributed by atoms with Gasteiger partial charge in [0, 0.05) is 6.42 Å². The quantitative estimate of drug-likeness (QED) is 0.796. The first-order valence-corrected chi connectivity index (χ1v) is 9.15. The van der Waals surface area contributed by atoms with E-state index in [1.165, 1.54) is 12.1 Å². The number of hydrazone groups is 1. The standard InChI is InChI=1S/C17H17FN2O3.2C2H6/c1-3-4-5-12-10(2)16(21)20-19-15(12)9-11-6-7-14(18)13(8-11)17(22)23;2*1-2/h3-8,10H,9H2,1-2H3,(H,20,21)(H,22,23);2*1-2H3/b4-3-,12-5+;;. The number of nitrogens with zero attached hydrogens (tertiary/aromatic N) is 1. The fourth-order valence-corrected chi connectivity index (χ4v) is 2.30. The molecule has 5 nitrogen and oxygen atoms in total. The van der Waals surface area contributed by atoms with Gasteiger partial charge in [0.25, 0.3) is 0 Å². The maximum absolute atomic E-state index is 13.5. The Morgan fingerprint density at radius 1 is 1.30 bits per heavy atom. The Morgan fingerprint density at radius 3 is 2.48 bits per heavy atom. The largest absolute Gasteiger partial charge is 0.478 e. The van der Waals surface area contributed by atoms with E-state index in [-0.39, 0.29) is 17.4 Å². The molecule has 1 amide bonds. The number of rotatable bonds is 4. The summed E-state index contributed by atoms with van der Waals surface area (Å²) < 4.78 is 13.5. The summed E-state index contributed by atoms with van der Waals surface area (Å²) >= 11 is 0. The molecule has 0 aliphatic carbocycles. The number of hydrogen-bond acceptors (Lipinski definition) is 3. The third-order valence-corrected chi connectivity index (χ3v) is 3.60. The molecule has 0 saturated heterocycles. The van der Waals surface area contributed by atoms with Crippen molar-refractivity contribution in [1.29, 1.82) is 0 Å². The van der Waals surface area contributed by atoms with Gasteiger partial charge in [-0.3, -0.25) is 4.79 Å². The first-order valence-electron chi connectivity index (χ1n) is 9.15. The summed E-state index contributed by atoms with van der Waals surface area (Å²) in [7, 11) is 0. The van der Waals surface area contributed by atoms with E-state index in [9.17, 15) is 14.0 Å². The summed E-state index contributed by atoms with van der Waals surface area (Å²) in [6, 6.07) is 3.92. The number of carbonyl (C=O) groups excluding carboxylic acids is 1. The molecule has 0 fully saturated rings. The van der Waals surface area contributed by atoms with Gasteiger partial charge in [0.2, 0.25) is 5.91 Å². The number of aromatic carboxylic acids is 1. The van der Waals surface area contributed by atoms with Crippen LogP contribution in [0.5, 0.6) is 0 Å². The van der Waals surface area contributed by atoms with E-state index < -0.39 is 11.8 Å². The summed E-state index contributed by atoms with van der Waals surface area (Å²) in [6.07, 6.45) is 5.76. The average molecular weight is 376 g/mol. The first-order chi connectivity index (χ1) is 12.9. The van der Waals surface area contributed by atoms with Gasteiger partial charge in [-0.1, -0.05) is 52.0 Å². The van der Waals surface area contributed by atoms with Crippen molar-refractivity contribution in [3.05, 3.63) is 58.9 Å². The maximum Gasteiger partial charge on any atom is 0.338 e. The lowest BCUT2D eigenvalue weighted by Gasteiger charge is -2.22. The molecule has 2 N–H and O–H groups in total. The molecule has 148 valence electrons. The highest BCUT2D eigenvalue weighted by Gasteiger charge is 2.26. The first kappa shape index (κ1) is 24.2. The SMILES string of the molecule is C/C=C\C=C1\C(Cc2ccc(F)c(C(=O)O)c2)=NNC(=O)C1C.CC.CC. The van der Waals surface area contributed by atoms with Crippen LogP contribution in [-0.4, -0.2) is 22.7 Å². The number of benzene rings is 1. The number of amides is 1. The zero-order chi connectivity index (χ0) is 21.0. The molecule has 0 aromatic heterocycles. The summed E-state index contributed by atoms with van der Waals surface area (Å²) in [5.41, 5.74) is 4.06. The third-order valence-electron chi connectivity index (χ3n) is 3.60. The molecular weight excluding hydrogens is 347 g/mol. The number of nitrogens with one attached hydrogen (secondary N) is 1. The van der Waals surface area contributed by atoms with Crippen LogP contribution >= 0.6 is 0 Å². The van der Waals surface area contributed by atoms with Crippen LogP contribution < -0.4 is 5.43 Å². The number of carbonyl (C=O) groups is 2. The van der Waals surface area contributed by atoms with Crippen LogP contribution in [0.3, 0.4) is 0 Å². The molecule has 1 aliphatic heterocycles. The van der Waals surface area contributed by atoms with E-state index in [1.807, 2.05) is 52.8 Å². The van der Waals surface area contributed by atoms with E-state index >= 15 is 0 Å². The molecule has 1 aliphatic rings. The van der Waals surface area contributed by atoms with E-state index in [0.717, 1.165) is 11.6 Å². The highest BCUT2D eigenvalue weighted by molar-refractivity contribution is 6.08. The van der Waals surface area contributed by atoms with Crippen molar-refractivity contribution in [1.82, 2.24) is 5.43 Å². The monoisotopic (exact) mass is 376 g/mol. The van der Waals surface area contributed by atoms with Crippen molar-refractivity contribution in [3.63, 3.8) is 0 Å². The van der Waals surface area contributed by atoms with Crippen LogP contribution in [0.15, 0.2) is 47.1 Å². The van der Waals surface area contributed by atoms with Gasteiger partial charge < -0.3 is 5.11 Å². The molecule has 1 aromatic carbocycles. The van der Waals surface area contributed by atoms with Crippen LogP contribution in [0.1, 0.15) is 57.5 Å². The molecule has 6 heteroatoms. The Bertz CT molecular complexity index is 737. The van der Waals surface area contributed by atoms with Crippen molar-refractivity contribution >= 4 is 17.6 Å². The average Bonchev–Trinajstić information content (AvgIpc) is 2.69. The Morgan fingerprint density at radius 2 is 1.93 bits per heavy atom. The van der Waals surface area contributed by atoms with Crippen LogP contribution in [0.4, 0.5) is 4.39 Å². The maximum atomic E-state index is 13.5. The predicted molar refractivity (Wildman–Crippen MR) is 107 cm³/mol. The minimum absolute atomic E-state index is 0.199. The summed E-state index contributed by atoms with van der Waals surface area (Å²) in [5.74, 6) is -2.66. The fourth-order valence-electron chi connectivity index (χ4n) is 2.30. The lowest BCUT2D eigenvalue weighted by atomic mass is 9.90. The highest BCUT2D eigenvalue weighted by Crippen LogP contribution is 2.21. The Kier molecular flexibility index (Phi) is 11.3. The van der Waals surface area contributed by atoms with E-state index in [0.29, 0.717) is 17.7 Å². The predicted octanol–water partition coefficient (Wildman–Crippen LogP) is 4.74. The molecular formula is C21H29FN2O3. The van der Waals surface area contributed by atoms with Gasteiger partial charge in [0.1, 0.15) is 5.82 Å². The van der Waals surface area contributed by atoms with Crippen molar-refractivity contribution in [2.24, 2.45) is 11.0 Å². The minimum Gasteiger partial charge on any atom is -0.478 e. The van der Waals surface area contributed by atoms with Crippen LogP contribution in [0.25, 0.3) is 0 Å².